The quantitative estimate of drug-likeness (QED) is 0.617. The van der Waals surface area contributed by atoms with E-state index in [4.69, 9.17) is 4.74 Å². The Balaban J connectivity index is 0.000000433. The third kappa shape index (κ3) is 4.67. The normalized spacial score (nSPS) is 16.0. The number of H-pyrrole nitrogens is 1. The van der Waals surface area contributed by atoms with Crippen LogP contribution >= 0.6 is 0 Å². The van der Waals surface area contributed by atoms with E-state index in [0.29, 0.717) is 18.5 Å². The van der Waals surface area contributed by atoms with E-state index < -0.39 is 17.7 Å². The molecule has 1 fully saturated rings. The van der Waals surface area contributed by atoms with Crippen molar-refractivity contribution in [2.75, 3.05) is 13.2 Å². The molecule has 11 heteroatoms. The van der Waals surface area contributed by atoms with Crippen molar-refractivity contribution >= 4 is 5.91 Å². The summed E-state index contributed by atoms with van der Waals surface area (Å²) in [5.41, 5.74) is -0.203. The average Bonchev–Trinajstić information content (AvgIpc) is 3.51. The lowest BCUT2D eigenvalue weighted by molar-refractivity contribution is -0.142. The molecular weight excluding hydrogens is 430 g/mol. The highest BCUT2D eigenvalue weighted by Gasteiger charge is 2.40. The minimum atomic E-state index is -4.61. The first-order valence-electron chi connectivity index (χ1n) is 10.1. The molecule has 3 aromatic rings. The van der Waals surface area contributed by atoms with Gasteiger partial charge in [-0.15, -0.1) is 0 Å². The van der Waals surface area contributed by atoms with Crippen LogP contribution in [0.4, 0.5) is 17.6 Å². The zero-order valence-corrected chi connectivity index (χ0v) is 17.0. The van der Waals surface area contributed by atoms with Gasteiger partial charge >= 0.3 is 6.18 Å². The largest absolute Gasteiger partial charge is 0.435 e. The van der Waals surface area contributed by atoms with Crippen LogP contribution in [0.25, 0.3) is 5.69 Å². The molecule has 32 heavy (non-hydrogen) atoms. The molecule has 0 aliphatic carbocycles. The summed E-state index contributed by atoms with van der Waals surface area (Å²) in [6.07, 6.45) is 0.194. The molecule has 4 heterocycles. The summed E-state index contributed by atoms with van der Waals surface area (Å²) in [7, 11) is 0. The van der Waals surface area contributed by atoms with E-state index in [2.05, 4.69) is 15.3 Å². The van der Waals surface area contributed by atoms with Gasteiger partial charge in [0.2, 0.25) is 5.91 Å². The number of halogens is 4. The zero-order chi connectivity index (χ0) is 22.7. The third-order valence-electron chi connectivity index (χ3n) is 5.28. The van der Waals surface area contributed by atoms with Crippen LogP contribution in [0.2, 0.25) is 0 Å². The fourth-order valence-corrected chi connectivity index (χ4v) is 3.79. The molecule has 1 amide bonds. The topological polar surface area (TPSA) is 76.0 Å². The monoisotopic (exact) mass is 451 g/mol. The Hall–Kier alpha value is -3.21. The summed E-state index contributed by atoms with van der Waals surface area (Å²) >= 11 is 0. The van der Waals surface area contributed by atoms with Crippen LogP contribution in [0.3, 0.4) is 0 Å². The Morgan fingerprint density at radius 1 is 1.22 bits per heavy atom. The third-order valence-corrected chi connectivity index (χ3v) is 5.28. The van der Waals surface area contributed by atoms with Crippen LogP contribution in [0.1, 0.15) is 35.4 Å². The molecule has 1 N–H and O–H groups in total. The maximum absolute atomic E-state index is 14.7. The lowest BCUT2D eigenvalue weighted by atomic mass is 10.1. The number of fused-ring (bicyclic) bond motifs is 1. The molecule has 0 saturated carbocycles. The summed E-state index contributed by atoms with van der Waals surface area (Å²) in [6, 6.07) is 6.08. The molecule has 0 atom stereocenters. The second-order valence-corrected chi connectivity index (χ2v) is 7.46. The molecule has 5 rings (SSSR count). The number of aromatic amines is 1. The highest BCUT2D eigenvalue weighted by Crippen LogP contribution is 2.36. The van der Waals surface area contributed by atoms with Crippen molar-refractivity contribution in [3.05, 3.63) is 65.0 Å². The fourth-order valence-electron chi connectivity index (χ4n) is 3.79. The van der Waals surface area contributed by atoms with Crippen molar-refractivity contribution in [2.24, 2.45) is 0 Å². The molecular formula is C21H21F4N5O2. The molecule has 0 radical (unpaired) electrons. The number of amides is 1. The van der Waals surface area contributed by atoms with Crippen LogP contribution in [-0.2, 0) is 35.3 Å². The predicted octanol–water partition coefficient (Wildman–Crippen LogP) is 3.64. The predicted molar refractivity (Wildman–Crippen MR) is 105 cm³/mol. The number of carbonyl (C=O) groups excluding carboxylic acids is 1. The smallest absolute Gasteiger partial charge is 0.375 e. The second-order valence-electron chi connectivity index (χ2n) is 7.46. The molecule has 7 nitrogen and oxygen atoms in total. The van der Waals surface area contributed by atoms with E-state index in [9.17, 15) is 22.4 Å². The van der Waals surface area contributed by atoms with Gasteiger partial charge in [-0.1, -0.05) is 6.07 Å². The maximum atomic E-state index is 14.7. The number of carbonyl (C=O) groups is 1. The van der Waals surface area contributed by atoms with Crippen LogP contribution in [0.5, 0.6) is 0 Å². The standard InChI is InChI=1S/C18H17F4N3O2.C3H4N2/c19-13-8-11(9-24-6-1-2-16(24)26)3-4-14(13)25-15-10-27-7-5-12(15)17(23-25)18(20,21)22;1-2-4-5-3-1/h3-4,8H,1-2,5-7,9-10H2;1-3H,(H,4,5). The summed E-state index contributed by atoms with van der Waals surface area (Å²) in [5.74, 6) is -0.670. The highest BCUT2D eigenvalue weighted by molar-refractivity contribution is 5.78. The molecule has 2 aromatic heterocycles. The Morgan fingerprint density at radius 2 is 2.06 bits per heavy atom. The number of ether oxygens (including phenoxy) is 1. The Kier molecular flexibility index (Phi) is 6.26. The molecule has 2 aliphatic rings. The van der Waals surface area contributed by atoms with E-state index in [-0.39, 0.29) is 49.0 Å². The van der Waals surface area contributed by atoms with E-state index in [1.54, 1.807) is 23.4 Å². The zero-order valence-electron chi connectivity index (χ0n) is 17.0. The van der Waals surface area contributed by atoms with Crippen molar-refractivity contribution in [3.63, 3.8) is 0 Å². The molecule has 2 aliphatic heterocycles. The number of aromatic nitrogens is 4. The van der Waals surface area contributed by atoms with Gasteiger partial charge < -0.3 is 9.64 Å². The molecule has 0 unspecified atom stereocenters. The van der Waals surface area contributed by atoms with Crippen molar-refractivity contribution in [2.45, 2.75) is 38.6 Å². The van der Waals surface area contributed by atoms with E-state index in [0.717, 1.165) is 11.1 Å². The van der Waals surface area contributed by atoms with Crippen LogP contribution < -0.4 is 0 Å². The number of alkyl halides is 3. The van der Waals surface area contributed by atoms with Gasteiger partial charge in [-0.3, -0.25) is 9.89 Å². The van der Waals surface area contributed by atoms with Gasteiger partial charge in [0.05, 0.1) is 18.9 Å². The molecule has 1 aromatic carbocycles. The first-order chi connectivity index (χ1) is 15.3. The number of hydrogen-bond donors (Lipinski definition) is 1. The Morgan fingerprint density at radius 3 is 2.66 bits per heavy atom. The van der Waals surface area contributed by atoms with Gasteiger partial charge in [0.1, 0.15) is 11.5 Å². The number of nitrogens with one attached hydrogen (secondary N) is 1. The van der Waals surface area contributed by atoms with Crippen LogP contribution in [0.15, 0.2) is 36.7 Å². The molecule has 1 saturated heterocycles. The number of likely N-dealkylation sites (tertiary alicyclic amines) is 1. The van der Waals surface area contributed by atoms with Crippen LogP contribution in [-0.4, -0.2) is 43.9 Å². The lowest BCUT2D eigenvalue weighted by Crippen LogP contribution is -2.24. The molecule has 170 valence electrons. The number of nitrogens with zero attached hydrogens (tertiary/aromatic N) is 4. The second kappa shape index (κ2) is 9.11. The Bertz CT molecular complexity index is 1060. The summed E-state index contributed by atoms with van der Waals surface area (Å²) < 4.78 is 60.8. The molecule has 0 spiro atoms. The van der Waals surface area contributed by atoms with Crippen molar-refractivity contribution in [3.8, 4) is 5.69 Å². The highest BCUT2D eigenvalue weighted by atomic mass is 19.4. The average molecular weight is 451 g/mol. The summed E-state index contributed by atoms with van der Waals surface area (Å²) in [6.45, 7) is 1.03. The number of rotatable bonds is 3. The van der Waals surface area contributed by atoms with Gasteiger partial charge in [-0.25, -0.2) is 9.07 Å². The fraction of sp³-hybridized carbons (Fsp3) is 0.381. The van der Waals surface area contributed by atoms with E-state index in [1.165, 1.54) is 12.1 Å². The van der Waals surface area contributed by atoms with Gasteiger partial charge in [-0.2, -0.15) is 23.4 Å². The SMILES string of the molecule is O=C1CCCN1Cc1ccc(-n2nc(C(F)(F)F)c3c2COCC3)c(F)c1.c1cn[nH]c1. The molecule has 0 bridgehead atoms. The Labute approximate surface area is 181 Å². The van der Waals surface area contributed by atoms with Crippen LogP contribution in [0, 0.1) is 5.82 Å². The number of hydrogen-bond acceptors (Lipinski definition) is 4. The van der Waals surface area contributed by atoms with Gasteiger partial charge in [0, 0.05) is 37.5 Å². The van der Waals surface area contributed by atoms with Gasteiger partial charge in [-0.05, 0) is 36.6 Å². The summed E-state index contributed by atoms with van der Waals surface area (Å²) in [4.78, 5) is 13.3. The van der Waals surface area contributed by atoms with E-state index >= 15 is 0 Å². The minimum Gasteiger partial charge on any atom is -0.375 e. The van der Waals surface area contributed by atoms with Crippen molar-refractivity contribution < 1.29 is 27.1 Å². The first-order valence-corrected chi connectivity index (χ1v) is 10.1. The maximum Gasteiger partial charge on any atom is 0.435 e. The van der Waals surface area contributed by atoms with Crippen molar-refractivity contribution in [1.82, 2.24) is 24.9 Å². The summed E-state index contributed by atoms with van der Waals surface area (Å²) in [5, 5.41) is 9.85. The lowest BCUT2D eigenvalue weighted by Gasteiger charge is -2.17. The number of benzene rings is 1. The van der Waals surface area contributed by atoms with Gasteiger partial charge in [0.25, 0.3) is 0 Å². The first kappa shape index (κ1) is 22.0. The van der Waals surface area contributed by atoms with Crippen molar-refractivity contribution in [1.29, 1.82) is 0 Å². The van der Waals surface area contributed by atoms with Gasteiger partial charge in [0.15, 0.2) is 5.69 Å². The minimum absolute atomic E-state index is 0.0209. The van der Waals surface area contributed by atoms with E-state index in [1.807, 2.05) is 6.07 Å².